The zero-order valence-electron chi connectivity index (χ0n) is 23.7. The van der Waals surface area contributed by atoms with E-state index in [0.717, 1.165) is 55.8 Å². The number of para-hydroxylation sites is 1. The molecule has 2 atom stereocenters. The number of aromatic nitrogens is 4. The van der Waals surface area contributed by atoms with Gasteiger partial charge in [0.2, 0.25) is 5.91 Å². The van der Waals surface area contributed by atoms with E-state index in [9.17, 15) is 4.79 Å². The van der Waals surface area contributed by atoms with E-state index in [0.29, 0.717) is 13.0 Å². The van der Waals surface area contributed by atoms with Crippen molar-refractivity contribution in [2.75, 3.05) is 6.54 Å². The van der Waals surface area contributed by atoms with E-state index >= 15 is 0 Å². The van der Waals surface area contributed by atoms with Gasteiger partial charge in [0.15, 0.2) is 5.82 Å². The Morgan fingerprint density at radius 1 is 0.951 bits per heavy atom. The second-order valence-electron chi connectivity index (χ2n) is 11.1. The standard InChI is InChI=1S/C34H38N6O/c1-2-24-14-16-26(17-15-24)23-40-32(19-18-25-9-4-3-5-10-25)37-38-34(40)31(39-20-8-13-30(39)33(35)41)21-27-22-36-29-12-7-6-11-28(27)29/h3-7,9-12,14-17,22,30-31,36H,2,8,13,18-21,23H2,1H3,(H2,35,41)/t30-,31+/m0/s1. The zero-order valence-corrected chi connectivity index (χ0v) is 23.7. The molecule has 0 unspecified atom stereocenters. The van der Waals surface area contributed by atoms with E-state index in [1.54, 1.807) is 0 Å². The second kappa shape index (κ2) is 12.1. The predicted octanol–water partition coefficient (Wildman–Crippen LogP) is 5.39. The molecule has 7 nitrogen and oxygen atoms in total. The first-order valence-electron chi connectivity index (χ1n) is 14.7. The highest BCUT2D eigenvalue weighted by Crippen LogP contribution is 2.34. The Morgan fingerprint density at radius 2 is 1.71 bits per heavy atom. The summed E-state index contributed by atoms with van der Waals surface area (Å²) >= 11 is 0. The van der Waals surface area contributed by atoms with Gasteiger partial charge in [0.25, 0.3) is 0 Å². The molecule has 5 aromatic rings. The number of aryl methyl sites for hydroxylation is 3. The van der Waals surface area contributed by atoms with E-state index in [1.165, 1.54) is 27.6 Å². The van der Waals surface area contributed by atoms with Crippen LogP contribution >= 0.6 is 0 Å². The molecule has 7 heteroatoms. The van der Waals surface area contributed by atoms with E-state index in [1.807, 2.05) is 12.1 Å². The molecule has 210 valence electrons. The molecule has 1 aliphatic heterocycles. The van der Waals surface area contributed by atoms with Crippen LogP contribution in [-0.2, 0) is 37.0 Å². The molecule has 3 aromatic carbocycles. The molecule has 1 aliphatic rings. The molecule has 6 rings (SSSR count). The van der Waals surface area contributed by atoms with Gasteiger partial charge in [-0.2, -0.15) is 0 Å². The van der Waals surface area contributed by atoms with Gasteiger partial charge in [-0.25, -0.2) is 0 Å². The minimum atomic E-state index is -0.313. The lowest BCUT2D eigenvalue weighted by Gasteiger charge is -2.31. The molecule has 2 aromatic heterocycles. The van der Waals surface area contributed by atoms with Crippen molar-refractivity contribution in [1.82, 2.24) is 24.6 Å². The number of hydrogen-bond acceptors (Lipinski definition) is 4. The molecule has 3 N–H and O–H groups in total. The number of nitrogens with two attached hydrogens (primary N) is 1. The molecule has 1 saturated heterocycles. The largest absolute Gasteiger partial charge is 0.368 e. The Hall–Kier alpha value is -4.23. The van der Waals surface area contributed by atoms with Crippen LogP contribution in [0.3, 0.4) is 0 Å². The smallest absolute Gasteiger partial charge is 0.234 e. The summed E-state index contributed by atoms with van der Waals surface area (Å²) in [5.41, 5.74) is 12.1. The molecular formula is C34H38N6O. The van der Waals surface area contributed by atoms with Crippen molar-refractivity contribution in [2.45, 2.75) is 64.1 Å². The quantitative estimate of drug-likeness (QED) is 0.232. The van der Waals surface area contributed by atoms with Crippen LogP contribution in [0.4, 0.5) is 0 Å². The average Bonchev–Trinajstić information content (AvgIpc) is 3.75. The number of rotatable bonds is 11. The number of aromatic amines is 1. The number of likely N-dealkylation sites (tertiary alicyclic amines) is 1. The Kier molecular flexibility index (Phi) is 7.96. The first kappa shape index (κ1) is 27.0. The molecule has 0 radical (unpaired) electrons. The maximum Gasteiger partial charge on any atom is 0.234 e. The van der Waals surface area contributed by atoms with Crippen molar-refractivity contribution >= 4 is 16.8 Å². The molecule has 0 saturated carbocycles. The Balaban J connectivity index is 1.41. The third-order valence-corrected chi connectivity index (χ3v) is 8.52. The van der Waals surface area contributed by atoms with E-state index in [2.05, 4.69) is 94.3 Å². The minimum absolute atomic E-state index is 0.137. The van der Waals surface area contributed by atoms with E-state index < -0.39 is 0 Å². The van der Waals surface area contributed by atoms with Crippen molar-refractivity contribution in [3.63, 3.8) is 0 Å². The van der Waals surface area contributed by atoms with Gasteiger partial charge >= 0.3 is 0 Å². The van der Waals surface area contributed by atoms with Crippen molar-refractivity contribution in [3.05, 3.63) is 119 Å². The topological polar surface area (TPSA) is 92.8 Å². The van der Waals surface area contributed by atoms with Gasteiger partial charge in [-0.15, -0.1) is 10.2 Å². The van der Waals surface area contributed by atoms with Gasteiger partial charge in [0, 0.05) is 23.5 Å². The number of benzene rings is 3. The van der Waals surface area contributed by atoms with Crippen LogP contribution in [0, 0.1) is 0 Å². The minimum Gasteiger partial charge on any atom is -0.368 e. The molecule has 3 heterocycles. The summed E-state index contributed by atoms with van der Waals surface area (Å²) in [6, 6.07) is 27.3. The number of nitrogens with one attached hydrogen (secondary N) is 1. The average molecular weight is 547 g/mol. The summed E-state index contributed by atoms with van der Waals surface area (Å²) < 4.78 is 2.29. The monoisotopic (exact) mass is 546 g/mol. The number of nitrogens with zero attached hydrogens (tertiary/aromatic N) is 4. The van der Waals surface area contributed by atoms with E-state index in [4.69, 9.17) is 15.9 Å². The van der Waals surface area contributed by atoms with Crippen LogP contribution < -0.4 is 5.73 Å². The Labute approximate surface area is 241 Å². The SMILES string of the molecule is CCc1ccc(Cn2c(CCc3ccccc3)nnc2[C@@H](Cc2c[nH]c3ccccc23)N2CCC[C@H]2C(N)=O)cc1. The molecule has 0 aliphatic carbocycles. The van der Waals surface area contributed by atoms with Crippen molar-refractivity contribution in [3.8, 4) is 0 Å². The van der Waals surface area contributed by atoms with Crippen molar-refractivity contribution in [2.24, 2.45) is 5.73 Å². The second-order valence-corrected chi connectivity index (χ2v) is 11.1. The number of carbonyl (C=O) groups excluding carboxylic acids is 1. The zero-order chi connectivity index (χ0) is 28.2. The van der Waals surface area contributed by atoms with Gasteiger partial charge in [0.1, 0.15) is 5.82 Å². The number of hydrogen-bond donors (Lipinski definition) is 2. The fraction of sp³-hybridized carbons (Fsp3) is 0.324. The highest BCUT2D eigenvalue weighted by molar-refractivity contribution is 5.83. The number of H-pyrrole nitrogens is 1. The molecule has 0 spiro atoms. The van der Waals surface area contributed by atoms with Crippen LogP contribution in [-0.4, -0.2) is 43.1 Å². The van der Waals surface area contributed by atoms with E-state index in [-0.39, 0.29) is 18.0 Å². The van der Waals surface area contributed by atoms with Gasteiger partial charge < -0.3 is 15.3 Å². The summed E-state index contributed by atoms with van der Waals surface area (Å²) in [4.78, 5) is 18.3. The highest BCUT2D eigenvalue weighted by atomic mass is 16.1. The molecule has 1 fully saturated rings. The normalized spacial score (nSPS) is 16.4. The Morgan fingerprint density at radius 3 is 2.49 bits per heavy atom. The fourth-order valence-corrected chi connectivity index (χ4v) is 6.25. The predicted molar refractivity (Wildman–Crippen MR) is 162 cm³/mol. The van der Waals surface area contributed by atoms with Crippen molar-refractivity contribution in [1.29, 1.82) is 0 Å². The Bertz CT molecular complexity index is 1600. The molecule has 1 amide bonds. The van der Waals surface area contributed by atoms with Gasteiger partial charge in [-0.05, 0) is 67.0 Å². The lowest BCUT2D eigenvalue weighted by Crippen LogP contribution is -2.43. The number of amides is 1. The number of primary amides is 1. The molecular weight excluding hydrogens is 508 g/mol. The van der Waals surface area contributed by atoms with Gasteiger partial charge in [-0.3, -0.25) is 9.69 Å². The lowest BCUT2D eigenvalue weighted by molar-refractivity contribution is -0.123. The van der Waals surface area contributed by atoms with Crippen LogP contribution in [0.25, 0.3) is 10.9 Å². The summed E-state index contributed by atoms with van der Waals surface area (Å²) in [6.07, 6.45) is 7.18. The summed E-state index contributed by atoms with van der Waals surface area (Å²) in [6.45, 7) is 3.66. The van der Waals surface area contributed by atoms with Gasteiger partial charge in [0.05, 0.1) is 18.6 Å². The van der Waals surface area contributed by atoms with Crippen molar-refractivity contribution < 1.29 is 4.79 Å². The highest BCUT2D eigenvalue weighted by Gasteiger charge is 2.38. The maximum absolute atomic E-state index is 12.6. The van der Waals surface area contributed by atoms with Crippen LogP contribution in [0.1, 0.15) is 59.7 Å². The lowest BCUT2D eigenvalue weighted by atomic mass is 10.0. The number of fused-ring (bicyclic) bond motifs is 1. The fourth-order valence-electron chi connectivity index (χ4n) is 6.25. The van der Waals surface area contributed by atoms with Crippen LogP contribution in [0.15, 0.2) is 85.1 Å². The summed E-state index contributed by atoms with van der Waals surface area (Å²) in [7, 11) is 0. The number of carbonyl (C=O) groups is 1. The van der Waals surface area contributed by atoms with Crippen LogP contribution in [0.5, 0.6) is 0 Å². The third-order valence-electron chi connectivity index (χ3n) is 8.52. The first-order valence-corrected chi connectivity index (χ1v) is 14.7. The first-order chi connectivity index (χ1) is 20.1. The molecule has 41 heavy (non-hydrogen) atoms. The van der Waals surface area contributed by atoms with Crippen LogP contribution in [0.2, 0.25) is 0 Å². The maximum atomic E-state index is 12.6. The van der Waals surface area contributed by atoms with Gasteiger partial charge in [-0.1, -0.05) is 79.7 Å². The summed E-state index contributed by atoms with van der Waals surface area (Å²) in [5, 5.41) is 10.8. The summed E-state index contributed by atoms with van der Waals surface area (Å²) in [5.74, 6) is 1.59. The third kappa shape index (κ3) is 5.81. The molecule has 0 bridgehead atoms.